The van der Waals surface area contributed by atoms with Gasteiger partial charge in [-0.1, -0.05) is 31.0 Å². The van der Waals surface area contributed by atoms with Crippen molar-refractivity contribution in [2.75, 3.05) is 19.8 Å². The van der Waals surface area contributed by atoms with Crippen molar-refractivity contribution in [3.05, 3.63) is 63.6 Å². The first-order chi connectivity index (χ1) is 16.0. The maximum atomic E-state index is 14.0. The van der Waals surface area contributed by atoms with Gasteiger partial charge in [-0.2, -0.15) is 5.10 Å². The van der Waals surface area contributed by atoms with Crippen LogP contribution >= 0.6 is 0 Å². The maximum absolute atomic E-state index is 14.0. The Hall–Kier alpha value is -3.35. The lowest BCUT2D eigenvalue weighted by atomic mass is 9.71. The second-order valence-electron chi connectivity index (χ2n) is 9.50. The molecule has 1 fully saturated rings. The van der Waals surface area contributed by atoms with Gasteiger partial charge in [0.05, 0.1) is 11.4 Å². The van der Waals surface area contributed by atoms with E-state index in [0.29, 0.717) is 36.2 Å². The summed E-state index contributed by atoms with van der Waals surface area (Å²) in [6.07, 6.45) is 4.37. The molecule has 6 rings (SSSR count). The average Bonchev–Trinajstić information content (AvgIpc) is 3.32. The fraction of sp³-hybridized carbons (Fsp3) is 0.423. The predicted molar refractivity (Wildman–Crippen MR) is 124 cm³/mol. The van der Waals surface area contributed by atoms with E-state index < -0.39 is 0 Å². The minimum atomic E-state index is -0.199. The summed E-state index contributed by atoms with van der Waals surface area (Å²) in [4.78, 5) is 28.6. The van der Waals surface area contributed by atoms with Crippen LogP contribution < -0.4 is 15.0 Å². The average molecular weight is 446 g/mol. The molecule has 1 aliphatic carbocycles. The molecule has 0 N–H and O–H groups in total. The van der Waals surface area contributed by atoms with Gasteiger partial charge >= 0.3 is 0 Å². The minimum absolute atomic E-state index is 0.0934. The number of ether oxygens (including phenoxy) is 2. The van der Waals surface area contributed by atoms with Gasteiger partial charge in [-0.3, -0.25) is 9.59 Å². The summed E-state index contributed by atoms with van der Waals surface area (Å²) in [5.74, 6) is 1.42. The summed E-state index contributed by atoms with van der Waals surface area (Å²) in [6, 6.07) is 11.3. The molecule has 3 aromatic rings. The third-order valence-electron chi connectivity index (χ3n) is 7.66. The van der Waals surface area contributed by atoms with E-state index in [1.54, 1.807) is 13.1 Å². The molecule has 170 valence electrons. The third-order valence-corrected chi connectivity index (χ3v) is 7.66. The Labute approximate surface area is 191 Å². The molecule has 1 aromatic heterocycles. The number of amides is 1. The van der Waals surface area contributed by atoms with Crippen molar-refractivity contribution in [1.29, 1.82) is 0 Å². The predicted octanol–water partition coefficient (Wildman–Crippen LogP) is 3.73. The molecule has 1 atom stereocenters. The molecule has 0 radical (unpaired) electrons. The highest BCUT2D eigenvalue weighted by atomic mass is 16.6. The monoisotopic (exact) mass is 445 g/mol. The molecular formula is C26H27N3O4. The van der Waals surface area contributed by atoms with Crippen LogP contribution in [0.3, 0.4) is 0 Å². The third kappa shape index (κ3) is 2.98. The number of nitrogens with zero attached hydrogens (tertiary/aromatic N) is 3. The van der Waals surface area contributed by atoms with E-state index in [1.807, 2.05) is 23.1 Å². The largest absolute Gasteiger partial charge is 0.486 e. The van der Waals surface area contributed by atoms with Gasteiger partial charge in [0.1, 0.15) is 13.2 Å². The van der Waals surface area contributed by atoms with E-state index in [1.165, 1.54) is 10.2 Å². The number of aromatic nitrogens is 2. The summed E-state index contributed by atoms with van der Waals surface area (Å²) in [5, 5.41) is 5.54. The second-order valence-corrected chi connectivity index (χ2v) is 9.50. The van der Waals surface area contributed by atoms with E-state index in [4.69, 9.17) is 9.47 Å². The van der Waals surface area contributed by atoms with Crippen LogP contribution in [0.4, 0.5) is 0 Å². The van der Waals surface area contributed by atoms with Gasteiger partial charge in [0, 0.05) is 24.4 Å². The molecule has 0 bridgehead atoms. The highest BCUT2D eigenvalue weighted by Crippen LogP contribution is 2.52. The molecule has 33 heavy (non-hydrogen) atoms. The Morgan fingerprint density at radius 1 is 1.06 bits per heavy atom. The number of hydrogen-bond acceptors (Lipinski definition) is 5. The van der Waals surface area contributed by atoms with Gasteiger partial charge in [0.25, 0.3) is 11.5 Å². The number of rotatable bonds is 1. The van der Waals surface area contributed by atoms with Gasteiger partial charge in [0.15, 0.2) is 17.2 Å². The molecule has 1 spiro atoms. The number of carbonyl (C=O) groups excluding carboxylic acids is 1. The van der Waals surface area contributed by atoms with Gasteiger partial charge in [0.2, 0.25) is 0 Å². The molecule has 2 aromatic carbocycles. The quantitative estimate of drug-likeness (QED) is 0.571. The Bertz CT molecular complexity index is 1340. The van der Waals surface area contributed by atoms with Crippen molar-refractivity contribution in [2.24, 2.45) is 7.05 Å². The number of carbonyl (C=O) groups is 1. The molecule has 2 aliphatic heterocycles. The first-order valence-electron chi connectivity index (χ1n) is 11.7. The zero-order valence-electron chi connectivity index (χ0n) is 19.0. The lowest BCUT2D eigenvalue weighted by molar-refractivity contribution is 0.0587. The SMILES string of the molecule is CC1c2cc3c(cc2C2(CCCC2)CN1C(=O)c1nn(C)c(=O)c2ccccc12)OCCO3. The summed E-state index contributed by atoms with van der Waals surface area (Å²) in [7, 11) is 1.60. The summed E-state index contributed by atoms with van der Waals surface area (Å²) in [6.45, 7) is 3.80. The first-order valence-corrected chi connectivity index (χ1v) is 11.7. The second kappa shape index (κ2) is 7.33. The Morgan fingerprint density at radius 2 is 1.73 bits per heavy atom. The fourth-order valence-corrected chi connectivity index (χ4v) is 5.95. The Morgan fingerprint density at radius 3 is 2.45 bits per heavy atom. The van der Waals surface area contributed by atoms with Crippen molar-refractivity contribution in [2.45, 2.75) is 44.1 Å². The molecule has 3 heterocycles. The smallest absolute Gasteiger partial charge is 0.275 e. The number of fused-ring (bicyclic) bond motifs is 4. The normalized spacial score (nSPS) is 20.8. The zero-order valence-corrected chi connectivity index (χ0v) is 19.0. The molecular weight excluding hydrogens is 418 g/mol. The van der Waals surface area contributed by atoms with E-state index in [-0.39, 0.29) is 22.9 Å². The summed E-state index contributed by atoms with van der Waals surface area (Å²) < 4.78 is 13.0. The summed E-state index contributed by atoms with van der Waals surface area (Å²) in [5.41, 5.74) is 2.45. The molecule has 1 amide bonds. The zero-order chi connectivity index (χ0) is 22.7. The fourth-order valence-electron chi connectivity index (χ4n) is 5.95. The molecule has 3 aliphatic rings. The Kier molecular flexibility index (Phi) is 4.50. The van der Waals surface area contributed by atoms with Gasteiger partial charge in [-0.15, -0.1) is 0 Å². The molecule has 0 saturated heterocycles. The minimum Gasteiger partial charge on any atom is -0.486 e. The highest BCUT2D eigenvalue weighted by molar-refractivity contribution is 6.05. The van der Waals surface area contributed by atoms with Crippen LogP contribution in [0, 0.1) is 0 Å². The standard InChI is InChI=1S/C26H27N3O4/c1-16-19-13-21-22(33-12-11-32-21)14-20(19)26(9-5-6-10-26)15-29(16)25(31)23-17-7-3-4-8-18(17)24(30)28(2)27-23/h3-4,7-8,13-14,16H,5-6,9-12,15H2,1-2H3. The molecule has 7 nitrogen and oxygen atoms in total. The van der Waals surface area contributed by atoms with E-state index in [2.05, 4.69) is 24.2 Å². The maximum Gasteiger partial charge on any atom is 0.275 e. The molecule has 1 unspecified atom stereocenters. The lowest BCUT2D eigenvalue weighted by Crippen LogP contribution is -2.49. The molecule has 7 heteroatoms. The Balaban J connectivity index is 1.50. The van der Waals surface area contributed by atoms with Crippen molar-refractivity contribution in [3.8, 4) is 11.5 Å². The van der Waals surface area contributed by atoms with Crippen LogP contribution in [0.25, 0.3) is 10.8 Å². The van der Waals surface area contributed by atoms with Gasteiger partial charge in [-0.05, 0) is 49.1 Å². The molecule has 1 saturated carbocycles. The summed E-state index contributed by atoms with van der Waals surface area (Å²) >= 11 is 0. The van der Waals surface area contributed by atoms with Crippen LogP contribution in [0.2, 0.25) is 0 Å². The van der Waals surface area contributed by atoms with Crippen LogP contribution in [0.15, 0.2) is 41.2 Å². The van der Waals surface area contributed by atoms with Crippen molar-refractivity contribution >= 4 is 16.7 Å². The highest BCUT2D eigenvalue weighted by Gasteiger charge is 2.47. The van der Waals surface area contributed by atoms with Crippen molar-refractivity contribution in [1.82, 2.24) is 14.7 Å². The number of hydrogen-bond donors (Lipinski definition) is 0. The van der Waals surface area contributed by atoms with E-state index >= 15 is 0 Å². The van der Waals surface area contributed by atoms with Gasteiger partial charge < -0.3 is 14.4 Å². The van der Waals surface area contributed by atoms with Crippen LogP contribution in [-0.2, 0) is 12.5 Å². The van der Waals surface area contributed by atoms with Crippen LogP contribution in [0.1, 0.15) is 60.3 Å². The topological polar surface area (TPSA) is 73.7 Å². The van der Waals surface area contributed by atoms with Crippen LogP contribution in [-0.4, -0.2) is 40.3 Å². The number of benzene rings is 2. The van der Waals surface area contributed by atoms with Crippen molar-refractivity contribution in [3.63, 3.8) is 0 Å². The van der Waals surface area contributed by atoms with E-state index in [9.17, 15) is 9.59 Å². The lowest BCUT2D eigenvalue weighted by Gasteiger charge is -2.46. The number of aryl methyl sites for hydroxylation is 1. The first kappa shape index (κ1) is 20.3. The van der Waals surface area contributed by atoms with Gasteiger partial charge in [-0.25, -0.2) is 4.68 Å². The van der Waals surface area contributed by atoms with Crippen molar-refractivity contribution < 1.29 is 14.3 Å². The van der Waals surface area contributed by atoms with E-state index in [0.717, 1.165) is 42.7 Å². The van der Waals surface area contributed by atoms with Crippen LogP contribution in [0.5, 0.6) is 11.5 Å².